The van der Waals surface area contributed by atoms with Gasteiger partial charge in [-0.3, -0.25) is 4.79 Å². The van der Waals surface area contributed by atoms with E-state index >= 15 is 0 Å². The quantitative estimate of drug-likeness (QED) is 0.850. The molecule has 1 unspecified atom stereocenters. The maximum absolute atomic E-state index is 10.7. The van der Waals surface area contributed by atoms with Crippen LogP contribution in [0.5, 0.6) is 0 Å². The maximum Gasteiger partial charge on any atom is 0.308 e. The highest BCUT2D eigenvalue weighted by atomic mass is 16.4. The van der Waals surface area contributed by atoms with E-state index in [4.69, 9.17) is 5.11 Å². The highest BCUT2D eigenvalue weighted by Gasteiger charge is 2.12. The first-order chi connectivity index (χ1) is 8.09. The fraction of sp³-hybridized carbons (Fsp3) is 0.308. The Labute approximate surface area is 99.9 Å². The molecule has 0 spiro atoms. The molecule has 4 nitrogen and oxygen atoms in total. The van der Waals surface area contributed by atoms with Gasteiger partial charge in [-0.1, -0.05) is 25.1 Å². The van der Waals surface area contributed by atoms with E-state index in [1.807, 2.05) is 42.1 Å². The predicted octanol–water partition coefficient (Wildman–Crippen LogP) is 2.31. The van der Waals surface area contributed by atoms with Gasteiger partial charge in [0.15, 0.2) is 0 Å². The van der Waals surface area contributed by atoms with Gasteiger partial charge in [0.2, 0.25) is 0 Å². The third-order valence-electron chi connectivity index (χ3n) is 2.92. The molecular weight excluding hydrogens is 216 g/mol. The van der Waals surface area contributed by atoms with Gasteiger partial charge < -0.3 is 15.0 Å². The molecule has 1 atom stereocenters. The first-order valence-corrected chi connectivity index (χ1v) is 5.60. The molecule has 0 saturated carbocycles. The van der Waals surface area contributed by atoms with Gasteiger partial charge in [-0.05, 0) is 6.07 Å². The second-order valence-corrected chi connectivity index (χ2v) is 4.29. The van der Waals surface area contributed by atoms with Crippen LogP contribution in [0.4, 0.5) is 5.69 Å². The number of aromatic nitrogens is 1. The van der Waals surface area contributed by atoms with E-state index in [9.17, 15) is 4.79 Å². The Morgan fingerprint density at radius 2 is 2.18 bits per heavy atom. The number of aryl methyl sites for hydroxylation is 1. The minimum absolute atomic E-state index is 0.394. The summed E-state index contributed by atoms with van der Waals surface area (Å²) < 4.78 is 2.03. The van der Waals surface area contributed by atoms with Gasteiger partial charge in [0.1, 0.15) is 0 Å². The van der Waals surface area contributed by atoms with Crippen molar-refractivity contribution in [2.75, 3.05) is 11.9 Å². The van der Waals surface area contributed by atoms with Crippen LogP contribution in [0.3, 0.4) is 0 Å². The third kappa shape index (κ3) is 2.25. The fourth-order valence-electron chi connectivity index (χ4n) is 1.83. The predicted molar refractivity (Wildman–Crippen MR) is 68.2 cm³/mol. The minimum atomic E-state index is -0.780. The van der Waals surface area contributed by atoms with Gasteiger partial charge >= 0.3 is 5.97 Å². The number of aliphatic carboxylic acids is 1. The lowest BCUT2D eigenvalue weighted by atomic mass is 10.2. The van der Waals surface area contributed by atoms with Crippen molar-refractivity contribution in [2.24, 2.45) is 13.0 Å². The van der Waals surface area contributed by atoms with Gasteiger partial charge in [-0.15, -0.1) is 0 Å². The van der Waals surface area contributed by atoms with Gasteiger partial charge in [-0.25, -0.2) is 0 Å². The highest BCUT2D eigenvalue weighted by molar-refractivity contribution is 5.93. The molecular formula is C13H16N2O2. The second kappa shape index (κ2) is 4.49. The van der Waals surface area contributed by atoms with E-state index in [-0.39, 0.29) is 0 Å². The number of nitrogens with one attached hydrogen (secondary N) is 1. The summed E-state index contributed by atoms with van der Waals surface area (Å²) in [6, 6.07) is 8.05. The van der Waals surface area contributed by atoms with Crippen LogP contribution in [0, 0.1) is 5.92 Å². The molecule has 0 bridgehead atoms. The number of anilines is 1. The molecule has 0 fully saturated rings. The van der Waals surface area contributed by atoms with E-state index in [1.165, 1.54) is 0 Å². The molecule has 4 heteroatoms. The van der Waals surface area contributed by atoms with Crippen LogP contribution >= 0.6 is 0 Å². The summed E-state index contributed by atoms with van der Waals surface area (Å²) >= 11 is 0. The largest absolute Gasteiger partial charge is 0.481 e. The fourth-order valence-corrected chi connectivity index (χ4v) is 1.83. The average molecular weight is 232 g/mol. The zero-order chi connectivity index (χ0) is 12.4. The summed E-state index contributed by atoms with van der Waals surface area (Å²) in [6.45, 7) is 2.13. The van der Waals surface area contributed by atoms with Crippen molar-refractivity contribution in [3.63, 3.8) is 0 Å². The molecule has 90 valence electrons. The first kappa shape index (κ1) is 11.5. The van der Waals surface area contributed by atoms with Gasteiger partial charge in [0.25, 0.3) is 0 Å². The van der Waals surface area contributed by atoms with Crippen molar-refractivity contribution in [3.05, 3.63) is 30.5 Å². The molecule has 0 aliphatic carbocycles. The summed E-state index contributed by atoms with van der Waals surface area (Å²) in [6.07, 6.45) is 1.99. The normalized spacial score (nSPS) is 12.6. The molecule has 0 saturated heterocycles. The lowest BCUT2D eigenvalue weighted by molar-refractivity contribution is -0.140. The van der Waals surface area contributed by atoms with Crippen molar-refractivity contribution in [1.82, 2.24) is 4.57 Å². The Kier molecular flexibility index (Phi) is 3.04. The van der Waals surface area contributed by atoms with Crippen molar-refractivity contribution >= 4 is 22.6 Å². The number of carboxylic acid groups (broad SMARTS) is 1. The van der Waals surface area contributed by atoms with Crippen LogP contribution in [0.2, 0.25) is 0 Å². The molecule has 1 aromatic heterocycles. The van der Waals surface area contributed by atoms with E-state index in [0.29, 0.717) is 6.54 Å². The third-order valence-corrected chi connectivity index (χ3v) is 2.92. The number of carbonyl (C=O) groups is 1. The number of nitrogens with zero attached hydrogens (tertiary/aromatic N) is 1. The molecule has 0 aliphatic rings. The van der Waals surface area contributed by atoms with E-state index in [2.05, 4.69) is 5.32 Å². The van der Waals surface area contributed by atoms with Crippen LogP contribution in [-0.2, 0) is 11.8 Å². The Morgan fingerprint density at radius 1 is 1.47 bits per heavy atom. The highest BCUT2D eigenvalue weighted by Crippen LogP contribution is 2.24. The van der Waals surface area contributed by atoms with Crippen molar-refractivity contribution in [1.29, 1.82) is 0 Å². The maximum atomic E-state index is 10.7. The lowest BCUT2D eigenvalue weighted by Gasteiger charge is -2.08. The van der Waals surface area contributed by atoms with Crippen LogP contribution in [0.25, 0.3) is 10.9 Å². The second-order valence-electron chi connectivity index (χ2n) is 4.29. The summed E-state index contributed by atoms with van der Waals surface area (Å²) in [7, 11) is 1.98. The van der Waals surface area contributed by atoms with Crippen molar-refractivity contribution < 1.29 is 9.90 Å². The Morgan fingerprint density at radius 3 is 2.88 bits per heavy atom. The monoisotopic (exact) mass is 232 g/mol. The van der Waals surface area contributed by atoms with Crippen molar-refractivity contribution in [3.8, 4) is 0 Å². The number of para-hydroxylation sites is 1. The Hall–Kier alpha value is -1.97. The van der Waals surface area contributed by atoms with Gasteiger partial charge in [0, 0.05) is 30.7 Å². The van der Waals surface area contributed by atoms with E-state index < -0.39 is 11.9 Å². The number of hydrogen-bond acceptors (Lipinski definition) is 2. The molecule has 1 heterocycles. The minimum Gasteiger partial charge on any atom is -0.481 e. The van der Waals surface area contributed by atoms with Gasteiger partial charge in [-0.2, -0.15) is 0 Å². The molecule has 2 N–H and O–H groups in total. The molecule has 0 aliphatic heterocycles. The summed E-state index contributed by atoms with van der Waals surface area (Å²) in [5.74, 6) is -1.17. The van der Waals surface area contributed by atoms with Crippen molar-refractivity contribution in [2.45, 2.75) is 6.92 Å². The van der Waals surface area contributed by atoms with Crippen LogP contribution in [0.15, 0.2) is 30.5 Å². The molecule has 0 amide bonds. The van der Waals surface area contributed by atoms with E-state index in [1.54, 1.807) is 6.92 Å². The Bertz CT molecular complexity index is 545. The van der Waals surface area contributed by atoms with E-state index in [0.717, 1.165) is 16.6 Å². The number of rotatable bonds is 4. The number of carboxylic acids is 1. The summed E-state index contributed by atoms with van der Waals surface area (Å²) in [5.41, 5.74) is 2.12. The zero-order valence-corrected chi connectivity index (χ0v) is 9.97. The SMILES string of the molecule is CC(CNc1cn(C)c2ccccc12)C(=O)O. The average Bonchev–Trinajstić information content (AvgIpc) is 2.64. The van der Waals surface area contributed by atoms with Crippen LogP contribution < -0.4 is 5.32 Å². The lowest BCUT2D eigenvalue weighted by Crippen LogP contribution is -2.19. The summed E-state index contributed by atoms with van der Waals surface area (Å²) in [4.78, 5) is 10.7. The summed E-state index contributed by atoms with van der Waals surface area (Å²) in [5, 5.41) is 13.1. The standard InChI is InChI=1S/C13H16N2O2/c1-9(13(16)17)7-14-11-8-15(2)12-6-4-3-5-10(11)12/h3-6,8-9,14H,7H2,1-2H3,(H,16,17). The first-order valence-electron chi connectivity index (χ1n) is 5.60. The molecule has 2 rings (SSSR count). The van der Waals surface area contributed by atoms with Gasteiger partial charge in [0.05, 0.1) is 11.6 Å². The Balaban J connectivity index is 2.22. The number of hydrogen-bond donors (Lipinski definition) is 2. The molecule has 1 aromatic carbocycles. The molecule has 0 radical (unpaired) electrons. The van der Waals surface area contributed by atoms with Crippen LogP contribution in [0.1, 0.15) is 6.92 Å². The number of benzene rings is 1. The molecule has 17 heavy (non-hydrogen) atoms. The zero-order valence-electron chi connectivity index (χ0n) is 9.97. The smallest absolute Gasteiger partial charge is 0.308 e. The molecule has 2 aromatic rings. The number of fused-ring (bicyclic) bond motifs is 1. The van der Waals surface area contributed by atoms with Crippen LogP contribution in [-0.4, -0.2) is 22.2 Å². The topological polar surface area (TPSA) is 54.3 Å².